The van der Waals surface area contributed by atoms with E-state index in [2.05, 4.69) is 15.3 Å². The first-order chi connectivity index (χ1) is 8.35. The predicted octanol–water partition coefficient (Wildman–Crippen LogP) is -0.336. The van der Waals surface area contributed by atoms with Crippen LogP contribution < -0.4 is 5.32 Å². The quantitative estimate of drug-likeness (QED) is 0.782. The number of nitrogens with zero attached hydrogens (tertiary/aromatic N) is 3. The molecule has 1 fully saturated rings. The second-order valence-corrected chi connectivity index (χ2v) is 6.52. The molecule has 2 heterocycles. The molecular formula is C10H16N4O3S. The highest BCUT2D eigenvalue weighted by atomic mass is 32.2. The highest BCUT2D eigenvalue weighted by Gasteiger charge is 2.38. The number of aliphatic hydroxyl groups is 1. The molecule has 1 aliphatic heterocycles. The summed E-state index contributed by atoms with van der Waals surface area (Å²) < 4.78 is 25.7. The Kier molecular flexibility index (Phi) is 3.26. The minimum Gasteiger partial charge on any atom is -0.389 e. The molecule has 1 saturated heterocycles. The van der Waals surface area contributed by atoms with Gasteiger partial charge in [-0.05, 0) is 13.3 Å². The number of rotatable bonds is 3. The summed E-state index contributed by atoms with van der Waals surface area (Å²) in [4.78, 5) is 7.80. The molecule has 100 valence electrons. The normalized spacial score (nSPS) is 25.3. The number of hydrogen-bond acceptors (Lipinski definition) is 6. The van der Waals surface area contributed by atoms with Gasteiger partial charge in [0.15, 0.2) is 0 Å². The number of anilines is 1. The molecule has 0 amide bonds. The number of aromatic nitrogens is 2. The van der Waals surface area contributed by atoms with Gasteiger partial charge in [0.25, 0.3) is 0 Å². The molecule has 0 spiro atoms. The molecule has 8 heteroatoms. The van der Waals surface area contributed by atoms with Gasteiger partial charge in [-0.3, -0.25) is 0 Å². The maximum absolute atomic E-state index is 12.2. The first-order valence-corrected chi connectivity index (χ1v) is 7.01. The molecule has 7 nitrogen and oxygen atoms in total. The molecule has 0 saturated carbocycles. The van der Waals surface area contributed by atoms with Crippen molar-refractivity contribution >= 4 is 16.0 Å². The molecule has 0 aromatic carbocycles. The van der Waals surface area contributed by atoms with E-state index in [1.807, 2.05) is 0 Å². The largest absolute Gasteiger partial charge is 0.389 e. The fourth-order valence-electron chi connectivity index (χ4n) is 1.84. The fraction of sp³-hybridized carbons (Fsp3) is 0.600. The van der Waals surface area contributed by atoms with E-state index in [9.17, 15) is 13.5 Å². The van der Waals surface area contributed by atoms with Crippen LogP contribution >= 0.6 is 0 Å². The maximum Gasteiger partial charge on any atom is 0.246 e. The van der Waals surface area contributed by atoms with Crippen molar-refractivity contribution in [2.24, 2.45) is 0 Å². The topological polar surface area (TPSA) is 95.4 Å². The lowest BCUT2D eigenvalue weighted by Crippen LogP contribution is -2.34. The maximum atomic E-state index is 12.2. The van der Waals surface area contributed by atoms with E-state index in [-0.39, 0.29) is 11.4 Å². The molecular weight excluding hydrogens is 256 g/mol. The summed E-state index contributed by atoms with van der Waals surface area (Å²) in [5.41, 5.74) is -0.959. The second kappa shape index (κ2) is 4.45. The summed E-state index contributed by atoms with van der Waals surface area (Å²) in [5, 5.41) is 12.5. The smallest absolute Gasteiger partial charge is 0.246 e. The number of sulfonamides is 1. The summed E-state index contributed by atoms with van der Waals surface area (Å²) in [6.07, 6.45) is 2.96. The molecule has 2 N–H and O–H groups in total. The van der Waals surface area contributed by atoms with Crippen molar-refractivity contribution in [3.63, 3.8) is 0 Å². The Balaban J connectivity index is 2.25. The minimum atomic E-state index is -3.61. The van der Waals surface area contributed by atoms with Crippen molar-refractivity contribution in [2.75, 3.05) is 25.5 Å². The summed E-state index contributed by atoms with van der Waals surface area (Å²) in [5.74, 6) is 0.363. The zero-order valence-electron chi connectivity index (χ0n) is 10.3. The van der Waals surface area contributed by atoms with Gasteiger partial charge in [0.2, 0.25) is 16.0 Å². The molecule has 1 atom stereocenters. The van der Waals surface area contributed by atoms with Crippen LogP contribution in [0.3, 0.4) is 0 Å². The fourth-order valence-corrected chi connectivity index (χ4v) is 3.29. The molecule has 1 aromatic heterocycles. The van der Waals surface area contributed by atoms with Crippen LogP contribution in [0.4, 0.5) is 5.95 Å². The van der Waals surface area contributed by atoms with Gasteiger partial charge in [-0.25, -0.2) is 18.4 Å². The minimum absolute atomic E-state index is 0.0409. The Morgan fingerprint density at radius 3 is 2.50 bits per heavy atom. The molecule has 1 aliphatic rings. The van der Waals surface area contributed by atoms with Gasteiger partial charge < -0.3 is 10.4 Å². The molecule has 0 aliphatic carbocycles. The van der Waals surface area contributed by atoms with Gasteiger partial charge in [-0.15, -0.1) is 0 Å². The highest BCUT2D eigenvalue weighted by molar-refractivity contribution is 7.89. The zero-order valence-corrected chi connectivity index (χ0v) is 11.1. The van der Waals surface area contributed by atoms with E-state index in [1.165, 1.54) is 16.7 Å². The van der Waals surface area contributed by atoms with Gasteiger partial charge >= 0.3 is 0 Å². The van der Waals surface area contributed by atoms with Crippen molar-refractivity contribution in [3.8, 4) is 0 Å². The van der Waals surface area contributed by atoms with Gasteiger partial charge in [-0.2, -0.15) is 4.31 Å². The van der Waals surface area contributed by atoms with Crippen molar-refractivity contribution in [1.29, 1.82) is 0 Å². The lowest BCUT2D eigenvalue weighted by atomic mass is 10.1. The lowest BCUT2D eigenvalue weighted by Gasteiger charge is -2.18. The van der Waals surface area contributed by atoms with E-state index < -0.39 is 15.6 Å². The van der Waals surface area contributed by atoms with Gasteiger partial charge in [0, 0.05) is 20.1 Å². The van der Waals surface area contributed by atoms with Gasteiger partial charge in [0.1, 0.15) is 4.90 Å². The van der Waals surface area contributed by atoms with Crippen molar-refractivity contribution in [2.45, 2.75) is 23.8 Å². The van der Waals surface area contributed by atoms with Crippen LogP contribution in [0.2, 0.25) is 0 Å². The zero-order chi connectivity index (χ0) is 13.4. The second-order valence-electron chi connectivity index (χ2n) is 4.58. The number of β-amino-alcohol motifs (C(OH)–C–C–N with tert-alkyl or cyclic N) is 1. The molecule has 0 bridgehead atoms. The van der Waals surface area contributed by atoms with Crippen molar-refractivity contribution < 1.29 is 13.5 Å². The van der Waals surface area contributed by atoms with E-state index in [0.29, 0.717) is 18.9 Å². The number of nitrogens with one attached hydrogen (secondary N) is 1. The molecule has 1 aromatic rings. The van der Waals surface area contributed by atoms with Crippen LogP contribution in [0.15, 0.2) is 17.3 Å². The molecule has 1 unspecified atom stereocenters. The number of hydrogen-bond donors (Lipinski definition) is 2. The molecule has 18 heavy (non-hydrogen) atoms. The van der Waals surface area contributed by atoms with Crippen LogP contribution in [0.5, 0.6) is 0 Å². The average molecular weight is 272 g/mol. The van der Waals surface area contributed by atoms with Crippen LogP contribution in [0.1, 0.15) is 13.3 Å². The Morgan fingerprint density at radius 2 is 2.06 bits per heavy atom. The lowest BCUT2D eigenvalue weighted by molar-refractivity contribution is 0.0762. The Morgan fingerprint density at radius 1 is 1.44 bits per heavy atom. The van der Waals surface area contributed by atoms with E-state index >= 15 is 0 Å². The van der Waals surface area contributed by atoms with E-state index in [0.717, 1.165) is 0 Å². The average Bonchev–Trinajstić information content (AvgIpc) is 2.70. The summed E-state index contributed by atoms with van der Waals surface area (Å²) in [6.45, 7) is 2.04. The van der Waals surface area contributed by atoms with Crippen LogP contribution in [-0.4, -0.2) is 53.5 Å². The van der Waals surface area contributed by atoms with E-state index in [1.54, 1.807) is 14.0 Å². The first-order valence-electron chi connectivity index (χ1n) is 5.57. The summed E-state index contributed by atoms with van der Waals surface area (Å²) in [7, 11) is -1.96. The van der Waals surface area contributed by atoms with Crippen LogP contribution in [0.25, 0.3) is 0 Å². The first kappa shape index (κ1) is 13.2. The van der Waals surface area contributed by atoms with Gasteiger partial charge in [0.05, 0.1) is 18.0 Å². The SMILES string of the molecule is CNc1ncc(S(=O)(=O)N2CCC(C)(O)C2)cn1. The third kappa shape index (κ3) is 2.45. The third-order valence-electron chi connectivity index (χ3n) is 2.91. The van der Waals surface area contributed by atoms with E-state index in [4.69, 9.17) is 0 Å². The third-order valence-corrected chi connectivity index (χ3v) is 4.70. The summed E-state index contributed by atoms with van der Waals surface area (Å²) in [6, 6.07) is 0. The molecule has 0 radical (unpaired) electrons. The standard InChI is InChI=1S/C10H16N4O3S/c1-10(15)3-4-14(7-10)18(16,17)8-5-12-9(11-2)13-6-8/h5-6,15H,3-4,7H2,1-2H3,(H,11,12,13). The Hall–Kier alpha value is -1.25. The highest BCUT2D eigenvalue weighted by Crippen LogP contribution is 2.26. The Labute approximate surface area is 106 Å². The van der Waals surface area contributed by atoms with Crippen molar-refractivity contribution in [1.82, 2.24) is 14.3 Å². The van der Waals surface area contributed by atoms with Crippen LogP contribution in [-0.2, 0) is 10.0 Å². The van der Waals surface area contributed by atoms with Gasteiger partial charge in [-0.1, -0.05) is 0 Å². The van der Waals surface area contributed by atoms with Crippen LogP contribution in [0, 0.1) is 0 Å². The predicted molar refractivity (Wildman–Crippen MR) is 65.6 cm³/mol. The Bertz CT molecular complexity index is 527. The summed E-state index contributed by atoms with van der Waals surface area (Å²) >= 11 is 0. The van der Waals surface area contributed by atoms with Crippen molar-refractivity contribution in [3.05, 3.63) is 12.4 Å². The monoisotopic (exact) mass is 272 g/mol. The molecule has 2 rings (SSSR count).